The van der Waals surface area contributed by atoms with Gasteiger partial charge in [0.05, 0.1) is 13.1 Å². The molecule has 3 aromatic heterocycles. The number of imidazole rings is 1. The first kappa shape index (κ1) is 25.5. The lowest BCUT2D eigenvalue weighted by Gasteiger charge is -2.32. The molecule has 0 bridgehead atoms. The van der Waals surface area contributed by atoms with E-state index in [9.17, 15) is 14.4 Å². The van der Waals surface area contributed by atoms with E-state index < -0.39 is 11.2 Å². The van der Waals surface area contributed by atoms with Crippen molar-refractivity contribution in [1.82, 2.24) is 18.7 Å². The standard InChI is InChI=1S/C28H27ClN6O3S/c1-32-25-24(26(37)35(28(32)38)15-22(36)20-16-39-23-11-5-3-9-19(20)23)34(13-17-7-2-4-10-21(17)29)27(31-25)33-12-6-8-18(30)14-33/h2-5,7,9-11,16,18H,6,8,12-15,30H2,1H3. The molecule has 1 saturated heterocycles. The van der Waals surface area contributed by atoms with Crippen molar-refractivity contribution in [3.63, 3.8) is 0 Å². The summed E-state index contributed by atoms with van der Waals surface area (Å²) >= 11 is 7.96. The van der Waals surface area contributed by atoms with Crippen LogP contribution in [0.25, 0.3) is 21.3 Å². The van der Waals surface area contributed by atoms with Crippen molar-refractivity contribution < 1.29 is 4.79 Å². The van der Waals surface area contributed by atoms with Gasteiger partial charge in [0.25, 0.3) is 5.56 Å². The van der Waals surface area contributed by atoms with Crippen LogP contribution in [0.4, 0.5) is 5.95 Å². The second-order valence-electron chi connectivity index (χ2n) is 9.91. The maximum Gasteiger partial charge on any atom is 0.332 e. The van der Waals surface area contributed by atoms with E-state index in [1.807, 2.05) is 42.5 Å². The summed E-state index contributed by atoms with van der Waals surface area (Å²) in [7, 11) is 1.57. The number of aromatic nitrogens is 4. The molecule has 2 aromatic carbocycles. The summed E-state index contributed by atoms with van der Waals surface area (Å²) in [6, 6.07) is 15.0. The molecular formula is C28H27ClN6O3S. The van der Waals surface area contributed by atoms with Gasteiger partial charge >= 0.3 is 5.69 Å². The normalized spacial score (nSPS) is 15.9. The molecule has 1 aliphatic heterocycles. The van der Waals surface area contributed by atoms with E-state index in [1.165, 1.54) is 15.9 Å². The van der Waals surface area contributed by atoms with E-state index in [0.717, 1.165) is 39.6 Å². The minimum absolute atomic E-state index is 0.0224. The predicted octanol–water partition coefficient (Wildman–Crippen LogP) is 3.62. The molecule has 0 saturated carbocycles. The highest BCUT2D eigenvalue weighted by molar-refractivity contribution is 7.17. The molecule has 39 heavy (non-hydrogen) atoms. The first-order valence-corrected chi connectivity index (χ1v) is 14.0. The van der Waals surface area contributed by atoms with Gasteiger partial charge in [-0.2, -0.15) is 4.98 Å². The zero-order valence-corrected chi connectivity index (χ0v) is 22.9. The number of hydrogen-bond donors (Lipinski definition) is 1. The number of anilines is 1. The first-order valence-electron chi connectivity index (χ1n) is 12.8. The van der Waals surface area contributed by atoms with Crippen LogP contribution in [0, 0.1) is 0 Å². The molecule has 200 valence electrons. The highest BCUT2D eigenvalue weighted by Gasteiger charge is 2.27. The topological polar surface area (TPSA) is 108 Å². The summed E-state index contributed by atoms with van der Waals surface area (Å²) in [5, 5.41) is 3.15. The number of hydrogen-bond acceptors (Lipinski definition) is 7. The Morgan fingerprint density at radius 2 is 1.90 bits per heavy atom. The quantitative estimate of drug-likeness (QED) is 0.317. The van der Waals surface area contributed by atoms with E-state index in [-0.39, 0.29) is 36.1 Å². The Hall–Kier alpha value is -3.73. The minimum atomic E-state index is -0.593. The van der Waals surface area contributed by atoms with Crippen molar-refractivity contribution in [3.05, 3.63) is 90.9 Å². The number of Topliss-reactive ketones (excluding diaryl/α,β-unsaturated/α-hetero) is 1. The average Bonchev–Trinajstić information content (AvgIpc) is 3.53. The number of benzene rings is 2. The van der Waals surface area contributed by atoms with Crippen LogP contribution >= 0.6 is 22.9 Å². The molecule has 4 heterocycles. The Kier molecular flexibility index (Phi) is 6.62. The fourth-order valence-electron chi connectivity index (χ4n) is 5.30. The van der Waals surface area contributed by atoms with E-state index in [4.69, 9.17) is 22.3 Å². The van der Waals surface area contributed by atoms with Gasteiger partial charge in [0.15, 0.2) is 16.9 Å². The van der Waals surface area contributed by atoms with Crippen LogP contribution in [0.1, 0.15) is 28.8 Å². The zero-order chi connectivity index (χ0) is 27.3. The zero-order valence-electron chi connectivity index (χ0n) is 21.3. The molecule has 9 nitrogen and oxygen atoms in total. The molecule has 1 aliphatic rings. The van der Waals surface area contributed by atoms with Crippen LogP contribution in [-0.4, -0.2) is 43.6 Å². The van der Waals surface area contributed by atoms with E-state index in [0.29, 0.717) is 23.1 Å². The summed E-state index contributed by atoms with van der Waals surface area (Å²) in [6.45, 7) is 1.21. The SMILES string of the molecule is Cn1c(=O)n(CC(=O)c2csc3ccccc23)c(=O)c2c1nc(N1CCCC(N)C1)n2Cc1ccccc1Cl. The van der Waals surface area contributed by atoms with Crippen LogP contribution in [0.2, 0.25) is 5.02 Å². The molecule has 5 aromatic rings. The molecule has 0 radical (unpaired) electrons. The molecule has 11 heteroatoms. The number of fused-ring (bicyclic) bond motifs is 2. The maximum atomic E-state index is 14.0. The van der Waals surface area contributed by atoms with Crippen molar-refractivity contribution in [2.24, 2.45) is 12.8 Å². The fraction of sp³-hybridized carbons (Fsp3) is 0.286. The molecule has 0 spiro atoms. The summed E-state index contributed by atoms with van der Waals surface area (Å²) in [4.78, 5) is 47.6. The third kappa shape index (κ3) is 4.48. The predicted molar refractivity (Wildman–Crippen MR) is 155 cm³/mol. The highest BCUT2D eigenvalue weighted by atomic mass is 35.5. The summed E-state index contributed by atoms with van der Waals surface area (Å²) in [5.74, 6) is 0.255. The molecule has 1 fully saturated rings. The second kappa shape index (κ2) is 10.1. The van der Waals surface area contributed by atoms with Crippen molar-refractivity contribution in [3.8, 4) is 0 Å². The number of ketones is 1. The molecule has 2 N–H and O–H groups in total. The number of piperidine rings is 1. The van der Waals surface area contributed by atoms with Crippen LogP contribution in [0.5, 0.6) is 0 Å². The highest BCUT2D eigenvalue weighted by Crippen LogP contribution is 2.28. The number of aryl methyl sites for hydroxylation is 1. The number of carbonyl (C=O) groups excluding carboxylic acids is 1. The molecule has 0 aliphatic carbocycles. The van der Waals surface area contributed by atoms with Crippen LogP contribution in [-0.2, 0) is 20.1 Å². The monoisotopic (exact) mass is 562 g/mol. The number of rotatable bonds is 6. The van der Waals surface area contributed by atoms with E-state index in [1.54, 1.807) is 23.1 Å². The smallest absolute Gasteiger partial charge is 0.332 e. The Morgan fingerprint density at radius 3 is 2.69 bits per heavy atom. The lowest BCUT2D eigenvalue weighted by Crippen LogP contribution is -2.44. The van der Waals surface area contributed by atoms with Gasteiger partial charge in [-0.05, 0) is 30.5 Å². The van der Waals surface area contributed by atoms with Crippen molar-refractivity contribution >= 4 is 55.9 Å². The Bertz CT molecular complexity index is 1850. The average molecular weight is 563 g/mol. The summed E-state index contributed by atoms with van der Waals surface area (Å²) in [5.41, 5.74) is 6.93. The number of nitrogens with zero attached hydrogens (tertiary/aromatic N) is 5. The lowest BCUT2D eigenvalue weighted by molar-refractivity contribution is 0.0971. The van der Waals surface area contributed by atoms with Gasteiger partial charge in [0, 0.05) is 52.2 Å². The van der Waals surface area contributed by atoms with Gasteiger partial charge in [-0.3, -0.25) is 23.3 Å². The van der Waals surface area contributed by atoms with Crippen molar-refractivity contribution in [2.45, 2.75) is 32.0 Å². The summed E-state index contributed by atoms with van der Waals surface area (Å²) < 4.78 is 5.12. The van der Waals surface area contributed by atoms with Crippen molar-refractivity contribution in [1.29, 1.82) is 0 Å². The summed E-state index contributed by atoms with van der Waals surface area (Å²) in [6.07, 6.45) is 1.80. The van der Waals surface area contributed by atoms with Gasteiger partial charge in [-0.25, -0.2) is 4.79 Å². The third-order valence-corrected chi connectivity index (χ3v) is 8.65. The molecule has 6 rings (SSSR count). The number of carbonyl (C=O) groups is 1. The molecule has 0 amide bonds. The van der Waals surface area contributed by atoms with E-state index >= 15 is 0 Å². The fourth-order valence-corrected chi connectivity index (χ4v) is 6.46. The maximum absolute atomic E-state index is 14.0. The van der Waals surface area contributed by atoms with Crippen LogP contribution in [0.3, 0.4) is 0 Å². The van der Waals surface area contributed by atoms with Gasteiger partial charge in [0.2, 0.25) is 5.95 Å². The molecular weight excluding hydrogens is 536 g/mol. The van der Waals surface area contributed by atoms with Crippen molar-refractivity contribution in [2.75, 3.05) is 18.0 Å². The third-order valence-electron chi connectivity index (χ3n) is 7.32. The van der Waals surface area contributed by atoms with E-state index in [2.05, 4.69) is 4.90 Å². The van der Waals surface area contributed by atoms with Gasteiger partial charge in [-0.1, -0.05) is 48.0 Å². The van der Waals surface area contributed by atoms with Gasteiger partial charge in [-0.15, -0.1) is 11.3 Å². The Balaban J connectivity index is 1.52. The van der Waals surface area contributed by atoms with Crippen LogP contribution < -0.4 is 21.9 Å². The number of thiophene rings is 1. The Labute approximate surface area is 232 Å². The number of halogens is 1. The molecule has 1 atom stereocenters. The number of nitrogens with two attached hydrogens (primary N) is 1. The largest absolute Gasteiger partial charge is 0.341 e. The van der Waals surface area contributed by atoms with Crippen LogP contribution in [0.15, 0.2) is 63.5 Å². The van der Waals surface area contributed by atoms with Gasteiger partial charge in [0.1, 0.15) is 0 Å². The second-order valence-corrected chi connectivity index (χ2v) is 11.2. The Morgan fingerprint density at radius 1 is 1.13 bits per heavy atom. The lowest BCUT2D eigenvalue weighted by atomic mass is 10.1. The van der Waals surface area contributed by atoms with Gasteiger partial charge < -0.3 is 10.6 Å². The first-order chi connectivity index (χ1) is 18.8. The molecule has 1 unspecified atom stereocenters. The minimum Gasteiger partial charge on any atom is -0.341 e.